The van der Waals surface area contributed by atoms with Crippen LogP contribution in [0.5, 0.6) is 0 Å². The van der Waals surface area contributed by atoms with E-state index in [2.05, 4.69) is 16.9 Å². The summed E-state index contributed by atoms with van der Waals surface area (Å²) in [5, 5.41) is 4.23. The number of nitrogens with two attached hydrogens (primary N) is 1. The van der Waals surface area contributed by atoms with Gasteiger partial charge in [-0.1, -0.05) is 0 Å². The van der Waals surface area contributed by atoms with Crippen LogP contribution in [-0.4, -0.2) is 61.2 Å². The van der Waals surface area contributed by atoms with Crippen LogP contribution in [0.2, 0.25) is 0 Å². The van der Waals surface area contributed by atoms with Crippen LogP contribution in [0.15, 0.2) is 12.4 Å². The minimum absolute atomic E-state index is 0.133. The van der Waals surface area contributed by atoms with Gasteiger partial charge in [0.25, 0.3) is 0 Å². The molecule has 2 unspecified atom stereocenters. The second-order valence-corrected chi connectivity index (χ2v) is 4.73. The number of aryl methyl sites for hydroxylation is 1. The van der Waals surface area contributed by atoms with Crippen LogP contribution in [-0.2, 0) is 16.5 Å². The minimum Gasteiger partial charge on any atom is -0.383 e. The van der Waals surface area contributed by atoms with E-state index in [9.17, 15) is 0 Å². The van der Waals surface area contributed by atoms with Crippen molar-refractivity contribution >= 4 is 0 Å². The maximum absolute atomic E-state index is 5.96. The first-order valence-electron chi connectivity index (χ1n) is 6.56. The highest BCUT2D eigenvalue weighted by molar-refractivity contribution is 5.11. The van der Waals surface area contributed by atoms with Gasteiger partial charge in [-0.15, -0.1) is 0 Å². The summed E-state index contributed by atoms with van der Waals surface area (Å²) in [5.41, 5.74) is 7.09. The Balaban J connectivity index is 2.85. The largest absolute Gasteiger partial charge is 0.383 e. The van der Waals surface area contributed by atoms with Crippen LogP contribution >= 0.6 is 0 Å². The van der Waals surface area contributed by atoms with Crippen molar-refractivity contribution < 1.29 is 9.47 Å². The quantitative estimate of drug-likeness (QED) is 0.704. The predicted octanol–water partition coefficient (Wildman–Crippen LogP) is 0.403. The first-order chi connectivity index (χ1) is 9.13. The number of rotatable bonds is 9. The summed E-state index contributed by atoms with van der Waals surface area (Å²) in [7, 11) is 5.34. The molecule has 1 heterocycles. The number of hydrogen-bond donors (Lipinski definition) is 1. The average Bonchev–Trinajstić information content (AvgIpc) is 2.81. The van der Waals surface area contributed by atoms with E-state index in [1.54, 1.807) is 18.9 Å². The Morgan fingerprint density at radius 2 is 2.16 bits per heavy atom. The molecule has 0 fully saturated rings. The normalized spacial score (nSPS) is 14.8. The summed E-state index contributed by atoms with van der Waals surface area (Å²) in [6, 6.07) is 0.405. The first kappa shape index (κ1) is 16.1. The number of hydrogen-bond acceptors (Lipinski definition) is 5. The highest BCUT2D eigenvalue weighted by atomic mass is 16.5. The third-order valence-electron chi connectivity index (χ3n) is 3.26. The molecule has 0 aliphatic carbocycles. The van der Waals surface area contributed by atoms with Crippen molar-refractivity contribution in [3.8, 4) is 0 Å². The highest BCUT2D eigenvalue weighted by Crippen LogP contribution is 2.21. The van der Waals surface area contributed by atoms with E-state index in [0.717, 1.165) is 12.1 Å². The van der Waals surface area contributed by atoms with Crippen LogP contribution in [0.1, 0.15) is 18.5 Å². The van der Waals surface area contributed by atoms with Crippen LogP contribution < -0.4 is 5.73 Å². The predicted molar refractivity (Wildman–Crippen MR) is 74.9 cm³/mol. The fraction of sp³-hybridized carbons (Fsp3) is 0.769. The van der Waals surface area contributed by atoms with Crippen molar-refractivity contribution in [2.24, 2.45) is 12.8 Å². The summed E-state index contributed by atoms with van der Waals surface area (Å²) in [4.78, 5) is 2.31. The van der Waals surface area contributed by atoms with Crippen molar-refractivity contribution in [2.75, 3.05) is 40.5 Å². The third kappa shape index (κ3) is 4.58. The zero-order valence-corrected chi connectivity index (χ0v) is 12.4. The molecular weight excluding hydrogens is 244 g/mol. The lowest BCUT2D eigenvalue weighted by Gasteiger charge is -2.35. The molecule has 1 rings (SSSR count). The van der Waals surface area contributed by atoms with Crippen LogP contribution in [0.4, 0.5) is 0 Å². The molecule has 0 aliphatic rings. The second kappa shape index (κ2) is 8.27. The van der Waals surface area contributed by atoms with E-state index in [4.69, 9.17) is 15.2 Å². The van der Waals surface area contributed by atoms with Gasteiger partial charge >= 0.3 is 0 Å². The topological polar surface area (TPSA) is 65.5 Å². The SMILES string of the molecule is COCCN(C(C)COC)C(CN)c1cnn(C)c1. The molecule has 1 aromatic rings. The molecule has 0 amide bonds. The lowest BCUT2D eigenvalue weighted by Crippen LogP contribution is -2.43. The molecule has 0 saturated heterocycles. The summed E-state index contributed by atoms with van der Waals surface area (Å²) < 4.78 is 12.2. The van der Waals surface area contributed by atoms with Crippen LogP contribution in [0, 0.1) is 0 Å². The molecule has 2 N–H and O–H groups in total. The number of nitrogens with zero attached hydrogens (tertiary/aromatic N) is 3. The van der Waals surface area contributed by atoms with Gasteiger partial charge < -0.3 is 15.2 Å². The zero-order valence-electron chi connectivity index (χ0n) is 12.4. The average molecular weight is 270 g/mol. The number of methoxy groups -OCH3 is 2. The summed E-state index contributed by atoms with van der Waals surface area (Å²) in [5.74, 6) is 0. The molecule has 0 spiro atoms. The fourth-order valence-electron chi connectivity index (χ4n) is 2.29. The molecular formula is C13H26N4O2. The smallest absolute Gasteiger partial charge is 0.0615 e. The van der Waals surface area contributed by atoms with E-state index in [1.165, 1.54) is 0 Å². The maximum Gasteiger partial charge on any atom is 0.0615 e. The van der Waals surface area contributed by atoms with Gasteiger partial charge in [-0.25, -0.2) is 0 Å². The summed E-state index contributed by atoms with van der Waals surface area (Å²) >= 11 is 0. The van der Waals surface area contributed by atoms with Crippen molar-refractivity contribution in [1.82, 2.24) is 14.7 Å². The molecule has 19 heavy (non-hydrogen) atoms. The van der Waals surface area contributed by atoms with E-state index in [1.807, 2.05) is 19.4 Å². The Morgan fingerprint density at radius 3 is 2.63 bits per heavy atom. The van der Waals surface area contributed by atoms with Gasteiger partial charge in [0.05, 0.1) is 25.5 Å². The summed E-state index contributed by atoms with van der Waals surface area (Å²) in [6.07, 6.45) is 3.88. The van der Waals surface area contributed by atoms with Crippen molar-refractivity contribution in [3.63, 3.8) is 0 Å². The van der Waals surface area contributed by atoms with Crippen LogP contribution in [0.25, 0.3) is 0 Å². The molecule has 6 heteroatoms. The van der Waals surface area contributed by atoms with Gasteiger partial charge in [0.2, 0.25) is 0 Å². The maximum atomic E-state index is 5.96. The molecule has 0 saturated carbocycles. The molecule has 110 valence electrons. The van der Waals surface area contributed by atoms with Crippen molar-refractivity contribution in [3.05, 3.63) is 18.0 Å². The summed E-state index contributed by atoms with van der Waals surface area (Å²) in [6.45, 7) is 4.84. The number of ether oxygens (including phenoxy) is 2. The van der Waals surface area contributed by atoms with E-state index in [0.29, 0.717) is 19.8 Å². The van der Waals surface area contributed by atoms with E-state index >= 15 is 0 Å². The van der Waals surface area contributed by atoms with Crippen molar-refractivity contribution in [2.45, 2.75) is 19.0 Å². The third-order valence-corrected chi connectivity index (χ3v) is 3.26. The first-order valence-corrected chi connectivity index (χ1v) is 6.56. The standard InChI is InChI=1S/C13H26N4O2/c1-11(10-19-4)17(5-6-18-3)13(7-14)12-8-15-16(2)9-12/h8-9,11,13H,5-7,10,14H2,1-4H3. The van der Waals surface area contributed by atoms with E-state index in [-0.39, 0.29) is 12.1 Å². The molecule has 1 aromatic heterocycles. The second-order valence-electron chi connectivity index (χ2n) is 4.73. The van der Waals surface area contributed by atoms with Gasteiger partial charge in [-0.3, -0.25) is 9.58 Å². The lowest BCUT2D eigenvalue weighted by atomic mass is 10.1. The molecule has 0 bridgehead atoms. The zero-order chi connectivity index (χ0) is 14.3. The molecule has 0 radical (unpaired) electrons. The Kier molecular flexibility index (Phi) is 7.01. The van der Waals surface area contributed by atoms with Crippen LogP contribution in [0.3, 0.4) is 0 Å². The molecule has 6 nitrogen and oxygen atoms in total. The van der Waals surface area contributed by atoms with Gasteiger partial charge in [0.15, 0.2) is 0 Å². The monoisotopic (exact) mass is 270 g/mol. The Bertz CT molecular complexity index is 356. The fourth-order valence-corrected chi connectivity index (χ4v) is 2.29. The molecule has 0 aromatic carbocycles. The van der Waals surface area contributed by atoms with Gasteiger partial charge in [-0.05, 0) is 6.92 Å². The highest BCUT2D eigenvalue weighted by Gasteiger charge is 2.24. The molecule has 0 aliphatic heterocycles. The Morgan fingerprint density at radius 1 is 1.42 bits per heavy atom. The molecule has 2 atom stereocenters. The van der Waals surface area contributed by atoms with Gasteiger partial charge in [-0.2, -0.15) is 5.10 Å². The van der Waals surface area contributed by atoms with E-state index < -0.39 is 0 Å². The van der Waals surface area contributed by atoms with Gasteiger partial charge in [0, 0.05) is 52.2 Å². The Hall–Kier alpha value is -0.950. The minimum atomic E-state index is 0.133. The van der Waals surface area contributed by atoms with Gasteiger partial charge in [0.1, 0.15) is 0 Å². The van der Waals surface area contributed by atoms with Crippen molar-refractivity contribution in [1.29, 1.82) is 0 Å². The Labute approximate surface area is 115 Å². The number of aromatic nitrogens is 2. The lowest BCUT2D eigenvalue weighted by molar-refractivity contribution is 0.0486.